The summed E-state index contributed by atoms with van der Waals surface area (Å²) >= 11 is 5.96. The van der Waals surface area contributed by atoms with Gasteiger partial charge in [0.05, 0.1) is 5.69 Å². The molecule has 1 aliphatic rings. The first-order valence-electron chi connectivity index (χ1n) is 7.66. The van der Waals surface area contributed by atoms with Crippen LogP contribution in [0.3, 0.4) is 0 Å². The lowest BCUT2D eigenvalue weighted by molar-refractivity contribution is 0.510. The molecule has 0 spiro atoms. The third kappa shape index (κ3) is 2.21. The van der Waals surface area contributed by atoms with Crippen LogP contribution in [-0.4, -0.2) is 19.1 Å². The minimum absolute atomic E-state index is 0.124. The first kappa shape index (κ1) is 14.3. The SMILES string of the molecule is Nc1ncnc2c1n(-c1ccc(Cl)cc1)c(=O)n2C1CCCC1. The summed E-state index contributed by atoms with van der Waals surface area (Å²) < 4.78 is 3.36. The molecule has 2 N–H and O–H groups in total. The quantitative estimate of drug-likeness (QED) is 0.784. The molecule has 23 heavy (non-hydrogen) atoms. The van der Waals surface area contributed by atoms with Crippen LogP contribution < -0.4 is 11.4 Å². The van der Waals surface area contributed by atoms with Crippen molar-refractivity contribution in [3.05, 3.63) is 46.1 Å². The molecule has 0 saturated heterocycles. The average molecular weight is 330 g/mol. The molecule has 4 rings (SSSR count). The second-order valence-corrected chi connectivity index (χ2v) is 6.27. The number of aromatic nitrogens is 4. The van der Waals surface area contributed by atoms with E-state index in [0.717, 1.165) is 25.7 Å². The third-order valence-electron chi connectivity index (χ3n) is 4.46. The third-order valence-corrected chi connectivity index (χ3v) is 4.71. The number of hydrogen-bond donors (Lipinski definition) is 1. The summed E-state index contributed by atoms with van der Waals surface area (Å²) in [6.45, 7) is 0. The van der Waals surface area contributed by atoms with Crippen LogP contribution in [0.5, 0.6) is 0 Å². The van der Waals surface area contributed by atoms with E-state index in [1.807, 2.05) is 0 Å². The van der Waals surface area contributed by atoms with E-state index in [-0.39, 0.29) is 11.7 Å². The van der Waals surface area contributed by atoms with Gasteiger partial charge in [0.2, 0.25) is 0 Å². The highest BCUT2D eigenvalue weighted by atomic mass is 35.5. The molecule has 1 fully saturated rings. The van der Waals surface area contributed by atoms with Gasteiger partial charge in [-0.3, -0.25) is 9.13 Å². The van der Waals surface area contributed by atoms with Gasteiger partial charge in [0.25, 0.3) is 0 Å². The molecule has 6 nitrogen and oxygen atoms in total. The van der Waals surface area contributed by atoms with Crippen molar-refractivity contribution in [1.29, 1.82) is 0 Å². The number of imidazole rings is 1. The zero-order valence-electron chi connectivity index (χ0n) is 12.4. The molecular formula is C16H16ClN5O. The number of nitrogen functional groups attached to an aromatic ring is 1. The maximum absolute atomic E-state index is 13.1. The summed E-state index contributed by atoms with van der Waals surface area (Å²) in [6.07, 6.45) is 5.65. The average Bonchev–Trinajstić information content (AvgIpc) is 3.14. The Morgan fingerprint density at radius 2 is 1.83 bits per heavy atom. The lowest BCUT2D eigenvalue weighted by atomic mass is 10.2. The topological polar surface area (TPSA) is 78.7 Å². The minimum atomic E-state index is -0.124. The van der Waals surface area contributed by atoms with Crippen LogP contribution in [0.15, 0.2) is 35.4 Å². The van der Waals surface area contributed by atoms with Crippen LogP contribution in [0.25, 0.3) is 16.9 Å². The second kappa shape index (κ2) is 5.38. The Morgan fingerprint density at radius 1 is 1.13 bits per heavy atom. The summed E-state index contributed by atoms with van der Waals surface area (Å²) in [6, 6.07) is 7.28. The van der Waals surface area contributed by atoms with Crippen LogP contribution in [0.2, 0.25) is 5.02 Å². The molecule has 1 aliphatic carbocycles. The molecule has 1 aromatic carbocycles. The van der Waals surface area contributed by atoms with Crippen molar-refractivity contribution in [3.63, 3.8) is 0 Å². The molecule has 0 atom stereocenters. The van der Waals surface area contributed by atoms with Crippen LogP contribution in [0, 0.1) is 0 Å². The Morgan fingerprint density at radius 3 is 2.52 bits per heavy atom. The molecule has 1 saturated carbocycles. The van der Waals surface area contributed by atoms with Gasteiger partial charge in [-0.1, -0.05) is 24.4 Å². The van der Waals surface area contributed by atoms with E-state index in [9.17, 15) is 4.79 Å². The summed E-state index contributed by atoms with van der Waals surface area (Å²) in [4.78, 5) is 21.5. The summed E-state index contributed by atoms with van der Waals surface area (Å²) in [5.74, 6) is 0.304. The molecule has 7 heteroatoms. The van der Waals surface area contributed by atoms with Crippen molar-refractivity contribution in [1.82, 2.24) is 19.1 Å². The van der Waals surface area contributed by atoms with Crippen molar-refractivity contribution in [2.45, 2.75) is 31.7 Å². The molecule has 3 aromatic rings. The van der Waals surface area contributed by atoms with Gasteiger partial charge in [-0.25, -0.2) is 14.8 Å². The number of nitrogens with zero attached hydrogens (tertiary/aromatic N) is 4. The first-order chi connectivity index (χ1) is 11.2. The fraction of sp³-hybridized carbons (Fsp3) is 0.312. The molecular weight excluding hydrogens is 314 g/mol. The number of fused-ring (bicyclic) bond motifs is 1. The van der Waals surface area contributed by atoms with Gasteiger partial charge < -0.3 is 5.73 Å². The Hall–Kier alpha value is -2.34. The molecule has 0 unspecified atom stereocenters. The smallest absolute Gasteiger partial charge is 0.335 e. The zero-order valence-corrected chi connectivity index (χ0v) is 13.2. The Kier molecular flexibility index (Phi) is 3.34. The van der Waals surface area contributed by atoms with E-state index in [4.69, 9.17) is 17.3 Å². The number of rotatable bonds is 2. The van der Waals surface area contributed by atoms with E-state index < -0.39 is 0 Å². The Balaban J connectivity index is 2.05. The predicted molar refractivity (Wildman–Crippen MR) is 90.1 cm³/mol. The summed E-state index contributed by atoms with van der Waals surface area (Å²) in [5.41, 5.74) is 7.81. The number of hydrogen-bond acceptors (Lipinski definition) is 4. The van der Waals surface area contributed by atoms with E-state index >= 15 is 0 Å². The number of anilines is 1. The molecule has 0 radical (unpaired) electrons. The van der Waals surface area contributed by atoms with Crippen LogP contribution in [0.4, 0.5) is 5.82 Å². The molecule has 0 aliphatic heterocycles. The second-order valence-electron chi connectivity index (χ2n) is 5.83. The lowest BCUT2D eigenvalue weighted by Crippen LogP contribution is -2.25. The van der Waals surface area contributed by atoms with Crippen molar-refractivity contribution in [2.24, 2.45) is 0 Å². The van der Waals surface area contributed by atoms with Gasteiger partial charge >= 0.3 is 5.69 Å². The summed E-state index contributed by atoms with van der Waals surface area (Å²) in [5, 5.41) is 0.616. The molecule has 2 heterocycles. The van der Waals surface area contributed by atoms with Gasteiger partial charge in [0, 0.05) is 11.1 Å². The maximum atomic E-state index is 13.1. The molecule has 0 bridgehead atoms. The van der Waals surface area contributed by atoms with Gasteiger partial charge in [-0.15, -0.1) is 0 Å². The van der Waals surface area contributed by atoms with Crippen molar-refractivity contribution < 1.29 is 0 Å². The van der Waals surface area contributed by atoms with Gasteiger partial charge in [0.1, 0.15) is 11.8 Å². The molecule has 2 aromatic heterocycles. The highest BCUT2D eigenvalue weighted by Gasteiger charge is 2.26. The van der Waals surface area contributed by atoms with Crippen molar-refractivity contribution in [2.75, 3.05) is 5.73 Å². The lowest BCUT2D eigenvalue weighted by Gasteiger charge is -2.10. The van der Waals surface area contributed by atoms with Crippen LogP contribution in [-0.2, 0) is 0 Å². The van der Waals surface area contributed by atoms with Gasteiger partial charge in [0.15, 0.2) is 11.5 Å². The monoisotopic (exact) mass is 329 g/mol. The van der Waals surface area contributed by atoms with E-state index in [2.05, 4.69) is 9.97 Å². The number of benzene rings is 1. The van der Waals surface area contributed by atoms with Crippen molar-refractivity contribution in [3.8, 4) is 5.69 Å². The molecule has 118 valence electrons. The number of halogens is 1. The normalized spacial score (nSPS) is 15.5. The highest BCUT2D eigenvalue weighted by molar-refractivity contribution is 6.30. The standard InChI is InChI=1S/C16H16ClN5O/c17-10-5-7-12(8-6-10)21-13-14(18)19-9-20-15(13)22(16(21)23)11-3-1-2-4-11/h5-9,11H,1-4H2,(H2,18,19,20). The largest absolute Gasteiger partial charge is 0.382 e. The van der Waals surface area contributed by atoms with Crippen molar-refractivity contribution >= 4 is 28.6 Å². The zero-order chi connectivity index (χ0) is 16.0. The van der Waals surface area contributed by atoms with Crippen LogP contribution in [0.1, 0.15) is 31.7 Å². The fourth-order valence-corrected chi connectivity index (χ4v) is 3.51. The van der Waals surface area contributed by atoms with Gasteiger partial charge in [-0.05, 0) is 37.1 Å². The van der Waals surface area contributed by atoms with E-state index in [1.54, 1.807) is 33.4 Å². The molecule has 0 amide bonds. The maximum Gasteiger partial charge on any atom is 0.335 e. The number of nitrogens with two attached hydrogens (primary N) is 1. The minimum Gasteiger partial charge on any atom is -0.382 e. The van der Waals surface area contributed by atoms with E-state index in [0.29, 0.717) is 27.7 Å². The fourth-order valence-electron chi connectivity index (χ4n) is 3.39. The first-order valence-corrected chi connectivity index (χ1v) is 8.04. The Labute approximate surface area is 137 Å². The van der Waals surface area contributed by atoms with Gasteiger partial charge in [-0.2, -0.15) is 0 Å². The van der Waals surface area contributed by atoms with Crippen LogP contribution >= 0.6 is 11.6 Å². The summed E-state index contributed by atoms with van der Waals surface area (Å²) in [7, 11) is 0. The highest BCUT2D eigenvalue weighted by Crippen LogP contribution is 2.32. The predicted octanol–water partition coefficient (Wildman–Crippen LogP) is 2.93. The Bertz CT molecular complexity index is 922. The van der Waals surface area contributed by atoms with E-state index in [1.165, 1.54) is 6.33 Å².